The number of carbonyl (C=O) groups excluding carboxylic acids is 1. The van der Waals surface area contributed by atoms with Crippen molar-refractivity contribution >= 4 is 11.9 Å². The van der Waals surface area contributed by atoms with Gasteiger partial charge in [-0.15, -0.1) is 0 Å². The van der Waals surface area contributed by atoms with Gasteiger partial charge in [0.15, 0.2) is 0 Å². The quantitative estimate of drug-likeness (QED) is 0.622. The van der Waals surface area contributed by atoms with Crippen LogP contribution in [0.25, 0.3) is 0 Å². The van der Waals surface area contributed by atoms with Gasteiger partial charge < -0.3 is 15.7 Å². The fraction of sp³-hybridized carbons (Fsp3) is 0.857. The summed E-state index contributed by atoms with van der Waals surface area (Å²) < 4.78 is 0. The number of rotatable bonds is 8. The van der Waals surface area contributed by atoms with Crippen LogP contribution in [-0.2, 0) is 9.59 Å². The van der Waals surface area contributed by atoms with Crippen LogP contribution in [0.5, 0.6) is 0 Å². The topological polar surface area (TPSA) is 78.4 Å². The lowest BCUT2D eigenvalue weighted by atomic mass is 9.94. The summed E-state index contributed by atoms with van der Waals surface area (Å²) in [5.41, 5.74) is 0. The van der Waals surface area contributed by atoms with E-state index in [1.54, 1.807) is 0 Å². The largest absolute Gasteiger partial charge is 0.481 e. The van der Waals surface area contributed by atoms with Crippen molar-refractivity contribution in [3.8, 4) is 0 Å². The summed E-state index contributed by atoms with van der Waals surface area (Å²) in [6.45, 7) is 5.60. The van der Waals surface area contributed by atoms with E-state index in [-0.39, 0.29) is 18.2 Å². The maximum atomic E-state index is 11.8. The van der Waals surface area contributed by atoms with Gasteiger partial charge in [-0.3, -0.25) is 9.59 Å². The van der Waals surface area contributed by atoms with Crippen LogP contribution in [-0.4, -0.2) is 36.1 Å². The van der Waals surface area contributed by atoms with E-state index in [9.17, 15) is 9.59 Å². The molecule has 0 spiro atoms. The zero-order valence-corrected chi connectivity index (χ0v) is 11.9. The molecule has 0 bridgehead atoms. The first-order valence-electron chi connectivity index (χ1n) is 7.19. The highest BCUT2D eigenvalue weighted by molar-refractivity contribution is 5.76. The smallest absolute Gasteiger partial charge is 0.303 e. The Bertz CT molecular complexity index is 299. The molecule has 2 atom stereocenters. The molecule has 1 heterocycles. The minimum absolute atomic E-state index is 0.0259. The Kier molecular flexibility index (Phi) is 6.84. The fourth-order valence-corrected chi connectivity index (χ4v) is 2.64. The standard InChI is InChI=1S/C14H26N2O3/c1-10(2)6-11(7-14(18)19)9-16-13(17)8-12-4-3-5-15-12/h10-12,15H,3-9H2,1-2H3,(H,16,17)(H,18,19)/t11-,12-/m1/s1. The van der Waals surface area contributed by atoms with Crippen molar-refractivity contribution in [3.05, 3.63) is 0 Å². The number of hydrogen-bond acceptors (Lipinski definition) is 3. The molecular weight excluding hydrogens is 244 g/mol. The van der Waals surface area contributed by atoms with Crippen LogP contribution >= 0.6 is 0 Å². The lowest BCUT2D eigenvalue weighted by Crippen LogP contribution is -2.35. The second-order valence-electron chi connectivity index (χ2n) is 5.89. The van der Waals surface area contributed by atoms with E-state index in [0.717, 1.165) is 25.8 Å². The molecule has 5 heteroatoms. The van der Waals surface area contributed by atoms with Crippen LogP contribution in [0.1, 0.15) is 46.0 Å². The molecule has 1 rings (SSSR count). The molecule has 3 N–H and O–H groups in total. The van der Waals surface area contributed by atoms with Crippen LogP contribution in [0, 0.1) is 11.8 Å². The molecule has 0 aliphatic carbocycles. The summed E-state index contributed by atoms with van der Waals surface area (Å²) in [6, 6.07) is 0.294. The number of amides is 1. The van der Waals surface area contributed by atoms with Gasteiger partial charge in [0.1, 0.15) is 0 Å². The SMILES string of the molecule is CC(C)C[C@@H](CNC(=O)C[C@H]1CCCN1)CC(=O)O. The summed E-state index contributed by atoms with van der Waals surface area (Å²) in [5, 5.41) is 15.0. The Hall–Kier alpha value is -1.10. The molecule has 1 amide bonds. The van der Waals surface area contributed by atoms with Crippen molar-refractivity contribution in [3.63, 3.8) is 0 Å². The molecule has 0 aromatic rings. The first-order chi connectivity index (χ1) is 8.97. The third kappa shape index (κ3) is 7.15. The molecule has 1 aliphatic heterocycles. The van der Waals surface area contributed by atoms with Gasteiger partial charge in [0.25, 0.3) is 0 Å². The summed E-state index contributed by atoms with van der Waals surface area (Å²) in [5.74, 6) is -0.299. The van der Waals surface area contributed by atoms with E-state index in [0.29, 0.717) is 24.9 Å². The summed E-state index contributed by atoms with van der Waals surface area (Å²) in [7, 11) is 0. The molecule has 0 aromatic carbocycles. The summed E-state index contributed by atoms with van der Waals surface area (Å²) >= 11 is 0. The number of carboxylic acids is 1. The van der Waals surface area contributed by atoms with E-state index >= 15 is 0 Å². The first-order valence-corrected chi connectivity index (χ1v) is 7.19. The van der Waals surface area contributed by atoms with Crippen LogP contribution in [0.2, 0.25) is 0 Å². The van der Waals surface area contributed by atoms with E-state index in [2.05, 4.69) is 24.5 Å². The maximum absolute atomic E-state index is 11.8. The molecule has 0 saturated carbocycles. The van der Waals surface area contributed by atoms with Crippen LogP contribution in [0.3, 0.4) is 0 Å². The Balaban J connectivity index is 2.28. The van der Waals surface area contributed by atoms with Crippen molar-refractivity contribution in [2.75, 3.05) is 13.1 Å². The van der Waals surface area contributed by atoms with E-state index in [1.807, 2.05) is 0 Å². The molecule has 1 aliphatic rings. The molecule has 0 radical (unpaired) electrons. The molecule has 1 fully saturated rings. The molecule has 1 saturated heterocycles. The Morgan fingerprint density at radius 1 is 1.42 bits per heavy atom. The van der Waals surface area contributed by atoms with Crippen molar-refractivity contribution < 1.29 is 14.7 Å². The molecule has 0 unspecified atom stereocenters. The second kappa shape index (κ2) is 8.15. The Morgan fingerprint density at radius 3 is 2.68 bits per heavy atom. The zero-order chi connectivity index (χ0) is 14.3. The predicted octanol–water partition coefficient (Wildman–Crippen LogP) is 1.38. The molecule has 110 valence electrons. The number of carboxylic acid groups (broad SMARTS) is 1. The van der Waals surface area contributed by atoms with Gasteiger partial charge in [0, 0.05) is 25.4 Å². The minimum Gasteiger partial charge on any atom is -0.481 e. The first kappa shape index (κ1) is 16.0. The second-order valence-corrected chi connectivity index (χ2v) is 5.89. The average Bonchev–Trinajstić information content (AvgIpc) is 2.77. The highest BCUT2D eigenvalue weighted by atomic mass is 16.4. The zero-order valence-electron chi connectivity index (χ0n) is 11.9. The van der Waals surface area contributed by atoms with Gasteiger partial charge in [-0.1, -0.05) is 13.8 Å². The molecule has 19 heavy (non-hydrogen) atoms. The minimum atomic E-state index is -0.794. The summed E-state index contributed by atoms with van der Waals surface area (Å²) in [4.78, 5) is 22.6. The molecule has 0 aromatic heterocycles. The predicted molar refractivity (Wildman–Crippen MR) is 73.8 cm³/mol. The number of hydrogen-bond donors (Lipinski definition) is 3. The van der Waals surface area contributed by atoms with Crippen molar-refractivity contribution in [1.29, 1.82) is 0 Å². The van der Waals surface area contributed by atoms with Crippen LogP contribution < -0.4 is 10.6 Å². The highest BCUT2D eigenvalue weighted by Crippen LogP contribution is 2.15. The van der Waals surface area contributed by atoms with Gasteiger partial charge in [-0.25, -0.2) is 0 Å². The normalized spacial score (nSPS) is 20.5. The lowest BCUT2D eigenvalue weighted by molar-refractivity contribution is -0.138. The number of aliphatic carboxylic acids is 1. The van der Waals surface area contributed by atoms with Crippen molar-refractivity contribution in [2.45, 2.75) is 52.0 Å². The van der Waals surface area contributed by atoms with E-state index < -0.39 is 5.97 Å². The Morgan fingerprint density at radius 2 is 2.16 bits per heavy atom. The van der Waals surface area contributed by atoms with E-state index in [4.69, 9.17) is 5.11 Å². The van der Waals surface area contributed by atoms with Crippen LogP contribution in [0.4, 0.5) is 0 Å². The van der Waals surface area contributed by atoms with Gasteiger partial charge >= 0.3 is 5.97 Å². The van der Waals surface area contributed by atoms with E-state index in [1.165, 1.54) is 0 Å². The fourth-order valence-electron chi connectivity index (χ4n) is 2.64. The van der Waals surface area contributed by atoms with Gasteiger partial charge in [0.2, 0.25) is 5.91 Å². The average molecular weight is 270 g/mol. The third-order valence-electron chi connectivity index (χ3n) is 3.45. The Labute approximate surface area is 115 Å². The van der Waals surface area contributed by atoms with Gasteiger partial charge in [-0.05, 0) is 37.6 Å². The molecular formula is C14H26N2O3. The maximum Gasteiger partial charge on any atom is 0.303 e. The highest BCUT2D eigenvalue weighted by Gasteiger charge is 2.19. The summed E-state index contributed by atoms with van der Waals surface area (Å²) in [6.07, 6.45) is 3.64. The van der Waals surface area contributed by atoms with Gasteiger partial charge in [-0.2, -0.15) is 0 Å². The van der Waals surface area contributed by atoms with Crippen molar-refractivity contribution in [1.82, 2.24) is 10.6 Å². The number of carbonyl (C=O) groups is 2. The number of nitrogens with one attached hydrogen (secondary N) is 2. The van der Waals surface area contributed by atoms with Gasteiger partial charge in [0.05, 0.1) is 0 Å². The lowest BCUT2D eigenvalue weighted by Gasteiger charge is -2.18. The monoisotopic (exact) mass is 270 g/mol. The third-order valence-corrected chi connectivity index (χ3v) is 3.45. The van der Waals surface area contributed by atoms with Crippen molar-refractivity contribution in [2.24, 2.45) is 11.8 Å². The molecule has 5 nitrogen and oxygen atoms in total. The van der Waals surface area contributed by atoms with Crippen LogP contribution in [0.15, 0.2) is 0 Å².